The van der Waals surface area contributed by atoms with E-state index < -0.39 is 6.04 Å². The zero-order valence-corrected chi connectivity index (χ0v) is 6.66. The molecule has 0 fully saturated rings. The zero-order chi connectivity index (χ0) is 8.43. The summed E-state index contributed by atoms with van der Waals surface area (Å²) >= 11 is 10.8. The van der Waals surface area contributed by atoms with Gasteiger partial charge in [-0.25, -0.2) is 4.98 Å². The molecule has 0 amide bonds. The van der Waals surface area contributed by atoms with Crippen molar-refractivity contribution >= 4 is 29.2 Å². The molecule has 0 saturated heterocycles. The van der Waals surface area contributed by atoms with Crippen molar-refractivity contribution in [3.05, 3.63) is 28.0 Å². The predicted molar refractivity (Wildman–Crippen MR) is 39.7 cm³/mol. The highest BCUT2D eigenvalue weighted by molar-refractivity contribution is 6.34. The van der Waals surface area contributed by atoms with E-state index in [9.17, 15) is 9.18 Å². The van der Waals surface area contributed by atoms with Crippen LogP contribution in [-0.4, -0.2) is 11.0 Å². The minimum Gasteiger partial charge on any atom is -0.255 e. The molecule has 0 atom stereocenters. The molecule has 0 unspecified atom stereocenters. The van der Waals surface area contributed by atoms with Gasteiger partial charge in [0.2, 0.25) is 0 Å². The molecule has 0 aliphatic carbocycles. The molecule has 1 heterocycles. The van der Waals surface area contributed by atoms with Crippen LogP contribution in [0.3, 0.4) is 0 Å². The van der Waals surface area contributed by atoms with Crippen molar-refractivity contribution in [1.82, 2.24) is 4.98 Å². The summed E-state index contributed by atoms with van der Waals surface area (Å²) in [4.78, 5) is 13.6. The lowest BCUT2D eigenvalue weighted by Crippen LogP contribution is -1.93. The van der Waals surface area contributed by atoms with E-state index in [0.717, 1.165) is 0 Å². The van der Waals surface area contributed by atoms with Crippen molar-refractivity contribution < 1.29 is 9.18 Å². The quantitative estimate of drug-likeness (QED) is 0.507. The molecule has 0 saturated carbocycles. The molecule has 0 N–H and O–H groups in total. The van der Waals surface area contributed by atoms with Gasteiger partial charge in [0.25, 0.3) is 0 Å². The molecule has 0 spiro atoms. The summed E-state index contributed by atoms with van der Waals surface area (Å²) in [5, 5.41) is -0.0926. The number of nitrogens with zero attached hydrogens (tertiary/aromatic N) is 1. The first-order chi connectivity index (χ1) is 5.11. The second-order valence-electron chi connectivity index (χ2n) is 1.75. The van der Waals surface area contributed by atoms with Crippen molar-refractivity contribution in [3.8, 4) is 0 Å². The maximum atomic E-state index is 12.0. The molecule has 2 nitrogen and oxygen atoms in total. The Bertz CT molecular complexity index is 303. The van der Waals surface area contributed by atoms with Crippen LogP contribution in [0.15, 0.2) is 12.1 Å². The summed E-state index contributed by atoms with van der Waals surface area (Å²) in [7, 11) is 0. The fraction of sp³-hybridized carbons (Fsp3) is 0. The Labute approximate surface area is 71.9 Å². The van der Waals surface area contributed by atoms with Gasteiger partial charge < -0.3 is 0 Å². The van der Waals surface area contributed by atoms with Gasteiger partial charge in [-0.15, -0.1) is 0 Å². The topological polar surface area (TPSA) is 30.0 Å². The lowest BCUT2D eigenvalue weighted by atomic mass is 10.3. The first-order valence-electron chi connectivity index (χ1n) is 2.63. The fourth-order valence-corrected chi connectivity index (χ4v) is 0.978. The number of pyridine rings is 1. The molecule has 1 aromatic rings. The third-order valence-electron chi connectivity index (χ3n) is 1.03. The van der Waals surface area contributed by atoms with Crippen LogP contribution in [0.5, 0.6) is 0 Å². The number of aromatic nitrogens is 1. The van der Waals surface area contributed by atoms with Crippen molar-refractivity contribution in [1.29, 1.82) is 0 Å². The molecule has 11 heavy (non-hydrogen) atoms. The monoisotopic (exact) mass is 193 g/mol. The number of rotatable bonds is 1. The molecular weight excluding hydrogens is 192 g/mol. The molecular formula is C6H2Cl2FNO. The van der Waals surface area contributed by atoms with Crippen LogP contribution >= 0.6 is 23.2 Å². The number of carbonyl (C=O) groups is 1. The maximum absolute atomic E-state index is 12.0. The molecule has 5 heteroatoms. The third kappa shape index (κ3) is 1.88. The number of halogens is 3. The second kappa shape index (κ2) is 3.15. The normalized spacial score (nSPS) is 9.73. The summed E-state index contributed by atoms with van der Waals surface area (Å²) < 4.78 is 12.0. The highest BCUT2D eigenvalue weighted by atomic mass is 35.5. The van der Waals surface area contributed by atoms with Gasteiger partial charge in [0, 0.05) is 0 Å². The average molecular weight is 194 g/mol. The standard InChI is InChI=1S/C6H2Cl2FNO/c7-4-2-1-3(6(9)11)5(8)10-4/h1-2H. The van der Waals surface area contributed by atoms with E-state index in [-0.39, 0.29) is 15.9 Å². The number of hydrogen-bond donors (Lipinski definition) is 0. The smallest absolute Gasteiger partial charge is 0.255 e. The molecule has 1 rings (SSSR count). The van der Waals surface area contributed by atoms with E-state index in [2.05, 4.69) is 4.98 Å². The number of hydrogen-bond acceptors (Lipinski definition) is 2. The van der Waals surface area contributed by atoms with E-state index in [1.807, 2.05) is 0 Å². The third-order valence-corrected chi connectivity index (χ3v) is 1.53. The van der Waals surface area contributed by atoms with Gasteiger partial charge in [0.1, 0.15) is 10.3 Å². The molecule has 0 aliphatic heterocycles. The van der Waals surface area contributed by atoms with Gasteiger partial charge in [0.15, 0.2) is 0 Å². The minimum atomic E-state index is -1.61. The summed E-state index contributed by atoms with van der Waals surface area (Å²) in [6.07, 6.45) is 0. The van der Waals surface area contributed by atoms with Crippen molar-refractivity contribution in [2.45, 2.75) is 0 Å². The van der Waals surface area contributed by atoms with Crippen LogP contribution in [-0.2, 0) is 0 Å². The van der Waals surface area contributed by atoms with Crippen LogP contribution in [0.1, 0.15) is 10.4 Å². The Kier molecular flexibility index (Phi) is 2.42. The van der Waals surface area contributed by atoms with Crippen molar-refractivity contribution in [3.63, 3.8) is 0 Å². The van der Waals surface area contributed by atoms with Crippen LogP contribution < -0.4 is 0 Å². The van der Waals surface area contributed by atoms with Crippen LogP contribution in [0, 0.1) is 0 Å². The molecule has 0 bridgehead atoms. The number of carbonyl (C=O) groups excluding carboxylic acids is 1. The minimum absolute atomic E-state index is 0.125. The predicted octanol–water partition coefficient (Wildman–Crippen LogP) is 2.50. The molecule has 1 aromatic heterocycles. The first-order valence-corrected chi connectivity index (χ1v) is 3.38. The molecule has 0 aliphatic rings. The first kappa shape index (κ1) is 8.43. The molecule has 0 aromatic carbocycles. The SMILES string of the molecule is O=C(F)c1ccc(Cl)nc1Cl. The van der Waals surface area contributed by atoms with Gasteiger partial charge in [0.05, 0.1) is 5.56 Å². The largest absolute Gasteiger partial charge is 0.335 e. The van der Waals surface area contributed by atoms with E-state index in [4.69, 9.17) is 23.2 Å². The van der Waals surface area contributed by atoms with E-state index in [0.29, 0.717) is 0 Å². The fourth-order valence-electron chi connectivity index (χ4n) is 0.559. The Hall–Kier alpha value is -0.670. The lowest BCUT2D eigenvalue weighted by Gasteiger charge is -1.94. The van der Waals surface area contributed by atoms with Crippen molar-refractivity contribution in [2.24, 2.45) is 0 Å². The summed E-state index contributed by atoms with van der Waals surface area (Å²) in [6.45, 7) is 0. The summed E-state index contributed by atoms with van der Waals surface area (Å²) in [5.41, 5.74) is -0.268. The highest BCUT2D eigenvalue weighted by Crippen LogP contribution is 2.16. The van der Waals surface area contributed by atoms with E-state index >= 15 is 0 Å². The van der Waals surface area contributed by atoms with Gasteiger partial charge >= 0.3 is 6.04 Å². The van der Waals surface area contributed by atoms with Gasteiger partial charge in [-0.1, -0.05) is 23.2 Å². The Morgan fingerprint density at radius 3 is 2.55 bits per heavy atom. The van der Waals surface area contributed by atoms with Gasteiger partial charge in [-0.2, -0.15) is 4.39 Å². The van der Waals surface area contributed by atoms with E-state index in [1.165, 1.54) is 12.1 Å². The Morgan fingerprint density at radius 2 is 2.09 bits per heavy atom. The van der Waals surface area contributed by atoms with Gasteiger partial charge in [-0.3, -0.25) is 4.79 Å². The van der Waals surface area contributed by atoms with E-state index in [1.54, 1.807) is 0 Å². The van der Waals surface area contributed by atoms with Crippen LogP contribution in [0.25, 0.3) is 0 Å². The Balaban J connectivity index is 3.20. The lowest BCUT2D eigenvalue weighted by molar-refractivity contribution is 0.0835. The average Bonchev–Trinajstić information content (AvgIpc) is 1.85. The summed E-state index contributed by atoms with van der Waals surface area (Å²) in [6, 6.07) is 0.861. The Morgan fingerprint density at radius 1 is 1.45 bits per heavy atom. The van der Waals surface area contributed by atoms with Crippen LogP contribution in [0.4, 0.5) is 4.39 Å². The van der Waals surface area contributed by atoms with Gasteiger partial charge in [-0.05, 0) is 12.1 Å². The second-order valence-corrected chi connectivity index (χ2v) is 2.49. The maximum Gasteiger partial charge on any atom is 0.335 e. The molecule has 0 radical (unpaired) electrons. The highest BCUT2D eigenvalue weighted by Gasteiger charge is 2.09. The molecule has 58 valence electrons. The zero-order valence-electron chi connectivity index (χ0n) is 5.14. The summed E-state index contributed by atoms with van der Waals surface area (Å²) in [5.74, 6) is 0. The van der Waals surface area contributed by atoms with Crippen LogP contribution in [0.2, 0.25) is 10.3 Å². The van der Waals surface area contributed by atoms with Crippen molar-refractivity contribution in [2.75, 3.05) is 0 Å².